The van der Waals surface area contributed by atoms with Gasteiger partial charge in [-0.15, -0.1) is 11.3 Å². The monoisotopic (exact) mass is 1270 g/mol. The number of sulfonamides is 1. The minimum atomic E-state index is -3.75. The molecule has 478 valence electrons. The van der Waals surface area contributed by atoms with Crippen LogP contribution in [0.3, 0.4) is 0 Å². The van der Waals surface area contributed by atoms with Crippen LogP contribution in [0.5, 0.6) is 0 Å². The Bertz CT molecular complexity index is 3900. The number of nitrogens with one attached hydrogen (secondary N) is 3. The summed E-state index contributed by atoms with van der Waals surface area (Å²) >= 11 is 1.40. The molecule has 90 heavy (non-hydrogen) atoms. The van der Waals surface area contributed by atoms with Gasteiger partial charge in [0.05, 0.1) is 75.8 Å². The fourth-order valence-corrected chi connectivity index (χ4v) is 15.5. The number of benzene rings is 3. The number of piperidine rings is 4. The van der Waals surface area contributed by atoms with Gasteiger partial charge in [0, 0.05) is 79.2 Å². The molecule has 0 aliphatic carbocycles. The summed E-state index contributed by atoms with van der Waals surface area (Å²) in [6.07, 6.45) is 10.3. The van der Waals surface area contributed by atoms with E-state index in [1.165, 1.54) is 41.5 Å². The molecule has 0 atom stereocenters. The van der Waals surface area contributed by atoms with Gasteiger partial charge in [-0.1, -0.05) is 25.1 Å². The van der Waals surface area contributed by atoms with Crippen molar-refractivity contribution in [2.24, 2.45) is 17.8 Å². The number of hydrogen-bond donors (Lipinski definition) is 4. The molecule has 4 aromatic heterocycles. The summed E-state index contributed by atoms with van der Waals surface area (Å²) in [6, 6.07) is 15.0. The van der Waals surface area contributed by atoms with Crippen LogP contribution in [0, 0.1) is 36.3 Å². The van der Waals surface area contributed by atoms with E-state index in [4.69, 9.17) is 15.8 Å². The van der Waals surface area contributed by atoms with E-state index in [0.29, 0.717) is 107 Å². The van der Waals surface area contributed by atoms with Crippen LogP contribution in [-0.4, -0.2) is 184 Å². The number of amides is 4. The first-order chi connectivity index (χ1) is 43.4. The molecule has 0 saturated carbocycles. The SMILES string of the molecule is CCCS(=O)(=O)Nc1cccc(-c2nc(C3CCN(C(=O)C4CCN(CC5CCN(C(=O)CN6CCC(Cn7ncc8cc(F)c(-c9cccc%10c9c(C)nn%10CC(=O)NCC(=O)NCC(=O)OC)cc87)CC6)CC5)CC4)CC3)sc2-c2ccnc(N)n2)c1F. The highest BCUT2D eigenvalue weighted by atomic mass is 32.2. The van der Waals surface area contributed by atoms with E-state index < -0.39 is 39.4 Å². The van der Waals surface area contributed by atoms with Gasteiger partial charge in [0.2, 0.25) is 39.6 Å². The van der Waals surface area contributed by atoms with Gasteiger partial charge in [0.15, 0.2) is 5.82 Å². The second-order valence-electron chi connectivity index (χ2n) is 24.1. The number of methoxy groups -OCH3 is 1. The van der Waals surface area contributed by atoms with Gasteiger partial charge in [-0.2, -0.15) is 10.2 Å². The molecule has 0 unspecified atom stereocenters. The lowest BCUT2D eigenvalue weighted by atomic mass is 9.90. The average molecular weight is 1270 g/mol. The highest BCUT2D eigenvalue weighted by Crippen LogP contribution is 2.43. The number of aromatic nitrogens is 7. The molecule has 5 N–H and O–H groups in total. The Morgan fingerprint density at radius 1 is 0.744 bits per heavy atom. The van der Waals surface area contributed by atoms with Crippen molar-refractivity contribution in [2.45, 2.75) is 90.6 Å². The molecule has 4 aliphatic heterocycles. The second-order valence-corrected chi connectivity index (χ2v) is 27.0. The summed E-state index contributed by atoms with van der Waals surface area (Å²) in [5.74, 6) is -1.70. The number of esters is 1. The number of likely N-dealkylation sites (tertiary alicyclic amines) is 4. The Morgan fingerprint density at radius 2 is 1.43 bits per heavy atom. The molecule has 11 rings (SSSR count). The Labute approximate surface area is 525 Å². The summed E-state index contributed by atoms with van der Waals surface area (Å²) in [4.78, 5) is 86.8. The van der Waals surface area contributed by atoms with Gasteiger partial charge in [-0.3, -0.25) is 43.0 Å². The van der Waals surface area contributed by atoms with Crippen molar-refractivity contribution >= 4 is 84.4 Å². The zero-order chi connectivity index (χ0) is 63.2. The van der Waals surface area contributed by atoms with Crippen LogP contribution in [0.4, 0.5) is 20.4 Å². The van der Waals surface area contributed by atoms with Gasteiger partial charge in [0.25, 0.3) is 0 Å². The molecular weight excluding hydrogens is 1200 g/mol. The van der Waals surface area contributed by atoms with Crippen molar-refractivity contribution in [3.63, 3.8) is 0 Å². The number of fused-ring (bicyclic) bond motifs is 2. The number of aryl methyl sites for hydroxylation is 1. The molecule has 8 heterocycles. The van der Waals surface area contributed by atoms with Crippen molar-refractivity contribution in [3.8, 4) is 33.0 Å². The Morgan fingerprint density at radius 3 is 2.17 bits per heavy atom. The fraction of sp³-hybridized carbons (Fsp3) is 0.492. The van der Waals surface area contributed by atoms with Gasteiger partial charge in [-0.05, 0) is 145 Å². The Hall–Kier alpha value is -8.01. The summed E-state index contributed by atoms with van der Waals surface area (Å²) in [5.41, 5.74) is 9.84. The maximum Gasteiger partial charge on any atom is 0.325 e. The molecule has 4 fully saturated rings. The topological polar surface area (TPSA) is 278 Å². The third kappa shape index (κ3) is 14.7. The lowest BCUT2D eigenvalue weighted by molar-refractivity contribution is -0.141. The number of hydrogen-bond acceptors (Lipinski definition) is 17. The summed E-state index contributed by atoms with van der Waals surface area (Å²) in [6.45, 7) is 10.7. The molecule has 4 aliphatic rings. The molecule has 7 aromatic rings. The van der Waals surface area contributed by atoms with E-state index in [1.807, 2.05) is 32.7 Å². The number of anilines is 2. The number of carbonyl (C=O) groups excluding carboxylic acids is 5. The van der Waals surface area contributed by atoms with Crippen molar-refractivity contribution in [1.29, 1.82) is 0 Å². The molecular formula is C63H77F2N15O8S2. The smallest absolute Gasteiger partial charge is 0.325 e. The fourth-order valence-electron chi connectivity index (χ4n) is 13.1. The highest BCUT2D eigenvalue weighted by Gasteiger charge is 2.35. The van der Waals surface area contributed by atoms with E-state index in [9.17, 15) is 32.4 Å². The van der Waals surface area contributed by atoms with Gasteiger partial charge < -0.3 is 35.8 Å². The zero-order valence-electron chi connectivity index (χ0n) is 51.0. The highest BCUT2D eigenvalue weighted by molar-refractivity contribution is 7.92. The molecule has 0 spiro atoms. The standard InChI is InChI=1S/C63H77F2N15O8S2/c1-4-29-90(86,87)74-49-9-5-8-46(58(49)65)59-60(50-11-20-67-63(66)71-50)89-61(72-59)42-18-27-78(28-19-42)62(85)43-16-23-75(24-17-43)35-40-14-25-77(26-15-40)55(83)38-76-21-12-41(13-22-76)36-79-52-31-47(48(64)30-44(52)32-70-79)45-7-6-10-51-57(45)39(2)73-80(51)37-54(82)68-33-53(81)69-34-56(84)88-3/h5-11,20,30-32,40-43,74H,4,12-19,21-29,33-38H2,1-3H3,(H,68,82)(H,69,81)(H2,66,67,71). The molecule has 4 amide bonds. The maximum absolute atomic E-state index is 16.2. The average Bonchev–Trinajstić information content (AvgIpc) is 1.60. The Kier molecular flexibility index (Phi) is 19.8. The number of nitrogens with two attached hydrogens (primary N) is 1. The number of nitrogen functional groups attached to an aromatic ring is 1. The second kappa shape index (κ2) is 28.0. The predicted octanol–water partition coefficient (Wildman–Crippen LogP) is 6.43. The van der Waals surface area contributed by atoms with Crippen LogP contribution in [-0.2, 0) is 51.8 Å². The van der Waals surface area contributed by atoms with E-state index in [-0.39, 0.29) is 66.2 Å². The van der Waals surface area contributed by atoms with Crippen molar-refractivity contribution in [1.82, 2.24) is 64.7 Å². The quantitative estimate of drug-likeness (QED) is 0.0564. The molecule has 3 aromatic carbocycles. The van der Waals surface area contributed by atoms with Crippen LogP contribution in [0.1, 0.15) is 81.3 Å². The molecule has 27 heteroatoms. The summed E-state index contributed by atoms with van der Waals surface area (Å²) in [7, 11) is -2.54. The van der Waals surface area contributed by atoms with Crippen molar-refractivity contribution < 1.29 is 45.9 Å². The number of ether oxygens (including phenoxy) is 1. The maximum atomic E-state index is 16.2. The Balaban J connectivity index is 0.611. The molecule has 23 nitrogen and oxygen atoms in total. The van der Waals surface area contributed by atoms with E-state index in [0.717, 1.165) is 94.9 Å². The first-order valence-corrected chi connectivity index (χ1v) is 33.5. The minimum Gasteiger partial charge on any atom is -0.468 e. The summed E-state index contributed by atoms with van der Waals surface area (Å²) in [5, 5.41) is 16.4. The zero-order valence-corrected chi connectivity index (χ0v) is 52.6. The van der Waals surface area contributed by atoms with E-state index in [2.05, 4.69) is 45.0 Å². The summed E-state index contributed by atoms with van der Waals surface area (Å²) < 4.78 is 67.9. The number of halogens is 2. The van der Waals surface area contributed by atoms with E-state index >= 15 is 8.78 Å². The van der Waals surface area contributed by atoms with Crippen LogP contribution in [0.2, 0.25) is 0 Å². The lowest BCUT2D eigenvalue weighted by Crippen LogP contribution is -2.48. The van der Waals surface area contributed by atoms with Crippen LogP contribution in [0.15, 0.2) is 67.0 Å². The van der Waals surface area contributed by atoms with Gasteiger partial charge in [0.1, 0.15) is 18.9 Å². The normalized spacial score (nSPS) is 17.1. The molecule has 4 saturated heterocycles. The number of thiazole rings is 1. The van der Waals surface area contributed by atoms with Gasteiger partial charge in [-0.25, -0.2) is 32.2 Å². The first kappa shape index (κ1) is 63.6. The van der Waals surface area contributed by atoms with Crippen molar-refractivity contribution in [2.75, 3.05) is 102 Å². The van der Waals surface area contributed by atoms with Crippen LogP contribution >= 0.6 is 11.3 Å². The third-order valence-electron chi connectivity index (χ3n) is 18.0. The van der Waals surface area contributed by atoms with E-state index in [1.54, 1.807) is 44.3 Å². The largest absolute Gasteiger partial charge is 0.468 e. The lowest BCUT2D eigenvalue weighted by Gasteiger charge is -2.39. The van der Waals surface area contributed by atoms with Crippen LogP contribution in [0.25, 0.3) is 54.8 Å². The predicted molar refractivity (Wildman–Crippen MR) is 338 cm³/mol. The minimum absolute atomic E-state index is 0.0213. The third-order valence-corrected chi connectivity index (χ3v) is 20.7. The number of rotatable bonds is 21. The van der Waals surface area contributed by atoms with Gasteiger partial charge >= 0.3 is 5.97 Å². The number of carbonyl (C=O) groups is 5. The van der Waals surface area contributed by atoms with Crippen molar-refractivity contribution in [3.05, 3.63) is 89.3 Å². The van der Waals surface area contributed by atoms with Crippen LogP contribution < -0.4 is 21.1 Å². The number of nitrogens with zero attached hydrogens (tertiary/aromatic N) is 11. The molecule has 0 radical (unpaired) electrons. The molecule has 0 bridgehead atoms. The first-order valence-electron chi connectivity index (χ1n) is 31.0.